The van der Waals surface area contributed by atoms with Gasteiger partial charge in [0.2, 0.25) is 17.8 Å². The fraction of sp³-hybridized carbons (Fsp3) is 0.400. The normalized spacial score (nSPS) is 17.8. The average molecular weight is 480 g/mol. The van der Waals surface area contributed by atoms with Crippen molar-refractivity contribution in [3.63, 3.8) is 0 Å². The first-order chi connectivity index (χ1) is 16.8. The van der Waals surface area contributed by atoms with Gasteiger partial charge in [-0.15, -0.1) is 0 Å². The van der Waals surface area contributed by atoms with Crippen LogP contribution in [0.3, 0.4) is 0 Å². The summed E-state index contributed by atoms with van der Waals surface area (Å²) in [6.45, 7) is 8.90. The summed E-state index contributed by atoms with van der Waals surface area (Å²) in [6, 6.07) is 7.17. The molecule has 0 spiro atoms. The number of carbonyl (C=O) groups is 3. The van der Waals surface area contributed by atoms with Crippen LogP contribution in [0.15, 0.2) is 35.6 Å². The van der Waals surface area contributed by atoms with Crippen molar-refractivity contribution in [1.82, 2.24) is 9.97 Å². The minimum Gasteiger partial charge on any atom is -0.466 e. The molecule has 10 heteroatoms. The summed E-state index contributed by atoms with van der Waals surface area (Å²) in [5.41, 5.74) is 2.06. The van der Waals surface area contributed by atoms with Crippen LogP contribution in [0.2, 0.25) is 0 Å². The molecule has 1 aromatic heterocycles. The van der Waals surface area contributed by atoms with Gasteiger partial charge in [0.05, 0.1) is 24.0 Å². The molecule has 0 bridgehead atoms. The predicted molar refractivity (Wildman–Crippen MR) is 132 cm³/mol. The van der Waals surface area contributed by atoms with Gasteiger partial charge in [-0.05, 0) is 44.4 Å². The van der Waals surface area contributed by atoms with Crippen LogP contribution in [0.25, 0.3) is 5.57 Å². The summed E-state index contributed by atoms with van der Waals surface area (Å²) < 4.78 is 5.10. The highest BCUT2D eigenvalue weighted by Crippen LogP contribution is 2.31. The highest BCUT2D eigenvalue weighted by atomic mass is 16.5. The third kappa shape index (κ3) is 5.26. The summed E-state index contributed by atoms with van der Waals surface area (Å²) in [7, 11) is 0. The van der Waals surface area contributed by atoms with Crippen LogP contribution in [-0.2, 0) is 19.1 Å². The van der Waals surface area contributed by atoms with Crippen molar-refractivity contribution in [3.8, 4) is 0 Å². The standard InChI is InChI=1S/C25H29N5O5/c1-4-35-24(34)16-9-11-30(12-10-16)25-28-21-20(23(33)29-25)18(13-19(31)27-21)22(32)26-17-7-5-15(6-8-17)14(2)3/h5-8,16,18H,2,4,9-13H2,1,3H3,(H,26,32)(H2,27,28,29,31,33)/t18-/m1/s1. The lowest BCUT2D eigenvalue weighted by Crippen LogP contribution is -2.41. The van der Waals surface area contributed by atoms with Gasteiger partial charge in [0.25, 0.3) is 5.56 Å². The second-order valence-corrected chi connectivity index (χ2v) is 8.82. The summed E-state index contributed by atoms with van der Waals surface area (Å²) in [5.74, 6) is -1.83. The monoisotopic (exact) mass is 479 g/mol. The summed E-state index contributed by atoms with van der Waals surface area (Å²) in [4.78, 5) is 59.5. The Morgan fingerprint density at radius 1 is 1.20 bits per heavy atom. The number of rotatable bonds is 6. The zero-order valence-electron chi connectivity index (χ0n) is 19.8. The lowest BCUT2D eigenvalue weighted by atomic mass is 9.92. The largest absolute Gasteiger partial charge is 0.466 e. The van der Waals surface area contributed by atoms with Gasteiger partial charge in [0.15, 0.2) is 0 Å². The second-order valence-electron chi connectivity index (χ2n) is 8.82. The van der Waals surface area contributed by atoms with E-state index in [1.165, 1.54) is 0 Å². The highest BCUT2D eigenvalue weighted by molar-refractivity contribution is 6.04. The smallest absolute Gasteiger partial charge is 0.309 e. The van der Waals surface area contributed by atoms with Crippen LogP contribution in [0.4, 0.5) is 17.5 Å². The zero-order valence-corrected chi connectivity index (χ0v) is 19.8. The Bertz CT molecular complexity index is 1210. The Balaban J connectivity index is 1.52. The SMILES string of the molecule is C=C(C)c1ccc(NC(=O)[C@@H]2CC(=O)Nc3nc(N4CCC(C(=O)OCC)CC4)[nH]c(=O)c32)cc1. The Labute approximate surface area is 202 Å². The maximum atomic E-state index is 13.0. The summed E-state index contributed by atoms with van der Waals surface area (Å²) >= 11 is 0. The molecule has 2 aromatic rings. The highest BCUT2D eigenvalue weighted by Gasteiger charge is 2.36. The number of esters is 1. The van der Waals surface area contributed by atoms with E-state index in [1.807, 2.05) is 24.0 Å². The Hall–Kier alpha value is -3.95. The number of ether oxygens (including phenoxy) is 1. The molecule has 0 radical (unpaired) electrons. The van der Waals surface area contributed by atoms with E-state index in [9.17, 15) is 19.2 Å². The Morgan fingerprint density at radius 3 is 2.51 bits per heavy atom. The number of nitrogens with one attached hydrogen (secondary N) is 3. The zero-order chi connectivity index (χ0) is 25.1. The molecule has 2 aliphatic rings. The van der Waals surface area contributed by atoms with Gasteiger partial charge in [0, 0.05) is 25.2 Å². The molecule has 10 nitrogen and oxygen atoms in total. The number of carbonyl (C=O) groups excluding carboxylic acids is 3. The van der Waals surface area contributed by atoms with E-state index in [0.29, 0.717) is 44.2 Å². The Kier molecular flexibility index (Phi) is 6.99. The van der Waals surface area contributed by atoms with Crippen LogP contribution < -0.4 is 21.1 Å². The Morgan fingerprint density at radius 2 is 1.89 bits per heavy atom. The fourth-order valence-corrected chi connectivity index (χ4v) is 4.39. The third-order valence-electron chi connectivity index (χ3n) is 6.31. The van der Waals surface area contributed by atoms with Crippen LogP contribution >= 0.6 is 0 Å². The number of allylic oxidation sites excluding steroid dienone is 1. The van der Waals surface area contributed by atoms with Crippen molar-refractivity contribution < 1.29 is 19.1 Å². The molecule has 3 heterocycles. The number of aromatic nitrogens is 2. The molecule has 1 aromatic carbocycles. The molecule has 3 N–H and O–H groups in total. The van der Waals surface area contributed by atoms with Crippen molar-refractivity contribution in [2.45, 2.75) is 39.0 Å². The first-order valence-electron chi connectivity index (χ1n) is 11.7. The minimum absolute atomic E-state index is 0.0882. The number of hydrogen-bond acceptors (Lipinski definition) is 7. The van der Waals surface area contributed by atoms with E-state index >= 15 is 0 Å². The van der Waals surface area contributed by atoms with E-state index in [4.69, 9.17) is 4.74 Å². The van der Waals surface area contributed by atoms with Gasteiger partial charge in [0.1, 0.15) is 5.82 Å². The van der Waals surface area contributed by atoms with Crippen molar-refractivity contribution in [2.75, 3.05) is 35.2 Å². The van der Waals surface area contributed by atoms with E-state index in [0.717, 1.165) is 11.1 Å². The molecule has 0 aliphatic carbocycles. The number of fused-ring (bicyclic) bond motifs is 1. The van der Waals surface area contributed by atoms with Crippen molar-refractivity contribution in [3.05, 3.63) is 52.3 Å². The van der Waals surface area contributed by atoms with Gasteiger partial charge in [-0.25, -0.2) is 0 Å². The quantitative estimate of drug-likeness (QED) is 0.543. The number of nitrogens with zero attached hydrogens (tertiary/aromatic N) is 2. The van der Waals surface area contributed by atoms with Crippen LogP contribution in [-0.4, -0.2) is 47.4 Å². The van der Waals surface area contributed by atoms with Crippen LogP contribution in [0.5, 0.6) is 0 Å². The molecule has 2 aliphatic heterocycles. The molecule has 4 rings (SSSR count). The molecule has 1 atom stereocenters. The fourth-order valence-electron chi connectivity index (χ4n) is 4.39. The molecule has 1 saturated heterocycles. The summed E-state index contributed by atoms with van der Waals surface area (Å²) in [6.07, 6.45) is 0.986. The molecular formula is C25H29N5O5. The van der Waals surface area contributed by atoms with E-state index < -0.39 is 17.4 Å². The number of hydrogen-bond donors (Lipinski definition) is 3. The van der Waals surface area contributed by atoms with Gasteiger partial charge in [-0.3, -0.25) is 24.2 Å². The molecule has 184 valence electrons. The van der Waals surface area contributed by atoms with E-state index in [1.54, 1.807) is 19.1 Å². The van der Waals surface area contributed by atoms with Gasteiger partial charge in [-0.1, -0.05) is 24.3 Å². The molecule has 1 fully saturated rings. The number of aromatic amines is 1. The minimum atomic E-state index is -0.973. The molecular weight excluding hydrogens is 450 g/mol. The van der Waals surface area contributed by atoms with Crippen LogP contribution in [0.1, 0.15) is 50.2 Å². The number of piperidine rings is 1. The van der Waals surface area contributed by atoms with Crippen molar-refractivity contribution in [2.24, 2.45) is 5.92 Å². The maximum absolute atomic E-state index is 13.0. The molecule has 35 heavy (non-hydrogen) atoms. The molecule has 2 amide bonds. The molecule has 0 saturated carbocycles. The first-order valence-corrected chi connectivity index (χ1v) is 11.7. The number of benzene rings is 1. The van der Waals surface area contributed by atoms with Gasteiger partial charge in [-0.2, -0.15) is 4.98 Å². The number of anilines is 3. The van der Waals surface area contributed by atoms with Crippen molar-refractivity contribution >= 4 is 40.8 Å². The lowest BCUT2D eigenvalue weighted by Gasteiger charge is -2.32. The molecule has 0 unspecified atom stereocenters. The predicted octanol–water partition coefficient (Wildman–Crippen LogP) is 2.65. The topological polar surface area (TPSA) is 133 Å². The van der Waals surface area contributed by atoms with E-state index in [-0.39, 0.29) is 35.6 Å². The van der Waals surface area contributed by atoms with Gasteiger partial charge >= 0.3 is 5.97 Å². The maximum Gasteiger partial charge on any atom is 0.309 e. The number of H-pyrrole nitrogens is 1. The lowest BCUT2D eigenvalue weighted by molar-refractivity contribution is -0.148. The number of amides is 2. The first kappa shape index (κ1) is 24.2. The summed E-state index contributed by atoms with van der Waals surface area (Å²) in [5, 5.41) is 5.42. The van der Waals surface area contributed by atoms with E-state index in [2.05, 4.69) is 27.2 Å². The van der Waals surface area contributed by atoms with Crippen LogP contribution in [0, 0.1) is 5.92 Å². The van der Waals surface area contributed by atoms with Crippen molar-refractivity contribution in [1.29, 1.82) is 0 Å². The average Bonchev–Trinajstić information content (AvgIpc) is 2.83. The third-order valence-corrected chi connectivity index (χ3v) is 6.31. The second kappa shape index (κ2) is 10.1. The van der Waals surface area contributed by atoms with Gasteiger partial charge < -0.3 is 20.3 Å².